The fourth-order valence-electron chi connectivity index (χ4n) is 4.07. The van der Waals surface area contributed by atoms with Crippen molar-refractivity contribution in [2.24, 2.45) is 11.8 Å². The van der Waals surface area contributed by atoms with Crippen LogP contribution in [0.3, 0.4) is 0 Å². The number of nitrogens with zero attached hydrogens (tertiary/aromatic N) is 2. The Labute approximate surface area is 171 Å². The largest absolute Gasteiger partial charge is 0.361 e. The number of piperidine rings is 1. The number of aromatic amines is 1. The van der Waals surface area contributed by atoms with E-state index in [-0.39, 0.29) is 17.6 Å². The molecule has 0 bridgehead atoms. The predicted octanol–water partition coefficient (Wildman–Crippen LogP) is 4.70. The first kappa shape index (κ1) is 19.4. The van der Waals surface area contributed by atoms with Crippen LogP contribution in [0, 0.1) is 11.8 Å². The molecule has 0 radical (unpaired) electrons. The lowest BCUT2D eigenvalue weighted by atomic mass is 9.89. The van der Waals surface area contributed by atoms with Crippen LogP contribution in [0.2, 0.25) is 0 Å². The molecule has 3 heterocycles. The number of ketones is 1. The molecule has 4 rings (SSSR count). The Morgan fingerprint density at radius 3 is 2.83 bits per heavy atom. The van der Waals surface area contributed by atoms with E-state index in [2.05, 4.69) is 35.9 Å². The van der Waals surface area contributed by atoms with Crippen molar-refractivity contribution in [3.05, 3.63) is 54.4 Å². The lowest BCUT2D eigenvalue weighted by Gasteiger charge is -2.32. The SMILES string of the molecule is CC(C)CC(=O)C1CCCN(C(=O)c2ccc(-c3ccc4cc[nH]c4c3)nc2)C1. The number of pyridine rings is 1. The molecular formula is C24H27N3O2. The second-order valence-electron chi connectivity index (χ2n) is 8.37. The molecule has 5 nitrogen and oxygen atoms in total. The normalized spacial score (nSPS) is 17.1. The molecule has 3 aromatic rings. The summed E-state index contributed by atoms with van der Waals surface area (Å²) in [6.07, 6.45) is 5.92. The molecule has 0 spiro atoms. The van der Waals surface area contributed by atoms with Gasteiger partial charge in [0.05, 0.1) is 11.3 Å². The molecule has 0 saturated carbocycles. The molecule has 0 aliphatic carbocycles. The predicted molar refractivity (Wildman–Crippen MR) is 115 cm³/mol. The lowest BCUT2D eigenvalue weighted by Crippen LogP contribution is -2.42. The summed E-state index contributed by atoms with van der Waals surface area (Å²) >= 11 is 0. The fourth-order valence-corrected chi connectivity index (χ4v) is 4.07. The minimum absolute atomic E-state index is 0.0325. The third-order valence-electron chi connectivity index (χ3n) is 5.63. The first-order chi connectivity index (χ1) is 14.0. The van der Waals surface area contributed by atoms with E-state index in [1.54, 1.807) is 6.20 Å². The van der Waals surface area contributed by atoms with Crippen molar-refractivity contribution in [3.63, 3.8) is 0 Å². The Bertz CT molecular complexity index is 1020. The molecule has 29 heavy (non-hydrogen) atoms. The molecule has 2 aromatic heterocycles. The van der Waals surface area contributed by atoms with E-state index in [1.807, 2.05) is 35.4 Å². The van der Waals surface area contributed by atoms with E-state index < -0.39 is 0 Å². The number of carbonyl (C=O) groups is 2. The Morgan fingerprint density at radius 2 is 2.07 bits per heavy atom. The first-order valence-corrected chi connectivity index (χ1v) is 10.4. The van der Waals surface area contributed by atoms with Crippen molar-refractivity contribution in [1.82, 2.24) is 14.9 Å². The van der Waals surface area contributed by atoms with Crippen LogP contribution in [-0.4, -0.2) is 39.6 Å². The number of aromatic nitrogens is 2. The molecule has 1 atom stereocenters. The molecule has 1 saturated heterocycles. The van der Waals surface area contributed by atoms with Crippen LogP contribution in [0.25, 0.3) is 22.2 Å². The summed E-state index contributed by atoms with van der Waals surface area (Å²) in [7, 11) is 0. The molecule has 5 heteroatoms. The number of amides is 1. The minimum atomic E-state index is -0.0362. The number of rotatable bonds is 5. The topological polar surface area (TPSA) is 66.1 Å². The Hall–Kier alpha value is -2.95. The second kappa shape index (κ2) is 8.19. The molecule has 1 aromatic carbocycles. The zero-order chi connectivity index (χ0) is 20.4. The van der Waals surface area contributed by atoms with Crippen molar-refractivity contribution >= 4 is 22.6 Å². The molecule has 1 fully saturated rings. The van der Waals surface area contributed by atoms with Crippen molar-refractivity contribution in [2.75, 3.05) is 13.1 Å². The zero-order valence-electron chi connectivity index (χ0n) is 17.0. The van der Waals surface area contributed by atoms with Gasteiger partial charge in [0, 0.05) is 48.9 Å². The van der Waals surface area contributed by atoms with Gasteiger partial charge in [0.2, 0.25) is 0 Å². The van der Waals surface area contributed by atoms with Crippen LogP contribution < -0.4 is 0 Å². The van der Waals surface area contributed by atoms with Crippen LogP contribution in [0.5, 0.6) is 0 Å². The standard InChI is InChI=1S/C24H27N3O2/c1-16(2)12-23(28)20-4-3-11-27(15-20)24(29)19-7-8-21(26-14-19)18-6-5-17-9-10-25-22(17)13-18/h5-10,13-14,16,20,25H,3-4,11-12,15H2,1-2H3. The third-order valence-corrected chi connectivity index (χ3v) is 5.63. The van der Waals surface area contributed by atoms with Crippen LogP contribution in [0.4, 0.5) is 0 Å². The van der Waals surface area contributed by atoms with Crippen LogP contribution in [-0.2, 0) is 4.79 Å². The number of fused-ring (bicyclic) bond motifs is 1. The highest BCUT2D eigenvalue weighted by Gasteiger charge is 2.29. The fraction of sp³-hybridized carbons (Fsp3) is 0.375. The number of likely N-dealkylation sites (tertiary alicyclic amines) is 1. The Morgan fingerprint density at radius 1 is 1.21 bits per heavy atom. The third kappa shape index (κ3) is 4.24. The average molecular weight is 389 g/mol. The van der Waals surface area contributed by atoms with Gasteiger partial charge in [-0.1, -0.05) is 26.0 Å². The maximum Gasteiger partial charge on any atom is 0.255 e. The zero-order valence-corrected chi connectivity index (χ0v) is 17.0. The number of hydrogen-bond donors (Lipinski definition) is 1. The summed E-state index contributed by atoms with van der Waals surface area (Å²) in [4.78, 5) is 34.9. The van der Waals surface area contributed by atoms with E-state index in [4.69, 9.17) is 0 Å². The number of hydrogen-bond acceptors (Lipinski definition) is 3. The van der Waals surface area contributed by atoms with Gasteiger partial charge in [-0.2, -0.15) is 0 Å². The van der Waals surface area contributed by atoms with E-state index >= 15 is 0 Å². The number of H-pyrrole nitrogens is 1. The number of carbonyl (C=O) groups excluding carboxylic acids is 2. The summed E-state index contributed by atoms with van der Waals surface area (Å²) < 4.78 is 0. The smallest absolute Gasteiger partial charge is 0.255 e. The highest BCUT2D eigenvalue weighted by Crippen LogP contribution is 2.24. The maximum absolute atomic E-state index is 12.9. The molecule has 1 unspecified atom stereocenters. The van der Waals surface area contributed by atoms with Gasteiger partial charge in [-0.05, 0) is 48.4 Å². The lowest BCUT2D eigenvalue weighted by molar-refractivity contribution is -0.124. The molecule has 1 N–H and O–H groups in total. The Kier molecular flexibility index (Phi) is 5.47. The number of Topliss-reactive ketones (excluding diaryl/α,β-unsaturated/α-hetero) is 1. The van der Waals surface area contributed by atoms with Crippen LogP contribution in [0.1, 0.15) is 43.5 Å². The van der Waals surface area contributed by atoms with Gasteiger partial charge in [0.15, 0.2) is 0 Å². The Balaban J connectivity index is 1.46. The van der Waals surface area contributed by atoms with Crippen molar-refractivity contribution in [1.29, 1.82) is 0 Å². The minimum Gasteiger partial charge on any atom is -0.361 e. The van der Waals surface area contributed by atoms with Gasteiger partial charge >= 0.3 is 0 Å². The van der Waals surface area contributed by atoms with Gasteiger partial charge in [-0.3, -0.25) is 14.6 Å². The summed E-state index contributed by atoms with van der Waals surface area (Å²) in [5.74, 6) is 0.571. The maximum atomic E-state index is 12.9. The molecule has 1 amide bonds. The summed E-state index contributed by atoms with van der Waals surface area (Å²) in [6.45, 7) is 5.35. The highest BCUT2D eigenvalue weighted by molar-refractivity contribution is 5.95. The van der Waals surface area contributed by atoms with Crippen molar-refractivity contribution in [2.45, 2.75) is 33.1 Å². The summed E-state index contributed by atoms with van der Waals surface area (Å²) in [5, 5.41) is 1.16. The highest BCUT2D eigenvalue weighted by atomic mass is 16.2. The molecule has 1 aliphatic heterocycles. The summed E-state index contributed by atoms with van der Waals surface area (Å²) in [5.41, 5.74) is 3.49. The van der Waals surface area contributed by atoms with E-state index in [9.17, 15) is 9.59 Å². The molecular weight excluding hydrogens is 362 g/mol. The van der Waals surface area contributed by atoms with Gasteiger partial charge in [-0.25, -0.2) is 0 Å². The second-order valence-corrected chi connectivity index (χ2v) is 8.37. The average Bonchev–Trinajstić information content (AvgIpc) is 3.21. The van der Waals surface area contributed by atoms with Gasteiger partial charge in [0.25, 0.3) is 5.91 Å². The summed E-state index contributed by atoms with van der Waals surface area (Å²) in [6, 6.07) is 11.9. The number of nitrogens with one attached hydrogen (secondary N) is 1. The van der Waals surface area contributed by atoms with Crippen molar-refractivity contribution < 1.29 is 9.59 Å². The quantitative estimate of drug-likeness (QED) is 0.688. The monoisotopic (exact) mass is 389 g/mol. The number of benzene rings is 1. The van der Waals surface area contributed by atoms with Crippen LogP contribution >= 0.6 is 0 Å². The van der Waals surface area contributed by atoms with Crippen LogP contribution in [0.15, 0.2) is 48.8 Å². The van der Waals surface area contributed by atoms with Crippen molar-refractivity contribution in [3.8, 4) is 11.3 Å². The first-order valence-electron chi connectivity index (χ1n) is 10.4. The van der Waals surface area contributed by atoms with Gasteiger partial charge in [-0.15, -0.1) is 0 Å². The van der Waals surface area contributed by atoms with Gasteiger partial charge in [0.1, 0.15) is 5.78 Å². The van der Waals surface area contributed by atoms with E-state index in [0.717, 1.165) is 35.0 Å². The van der Waals surface area contributed by atoms with E-state index in [0.29, 0.717) is 31.0 Å². The van der Waals surface area contributed by atoms with E-state index in [1.165, 1.54) is 0 Å². The van der Waals surface area contributed by atoms with Gasteiger partial charge < -0.3 is 9.88 Å². The molecule has 150 valence electrons. The molecule has 1 aliphatic rings.